The number of rotatable bonds is 5. The molecular formula is C20H24N2O3. The average molecular weight is 340 g/mol. The Morgan fingerprint density at radius 1 is 1.12 bits per heavy atom. The Balaban J connectivity index is 2.04. The summed E-state index contributed by atoms with van der Waals surface area (Å²) in [6.45, 7) is 8.36. The molecule has 0 saturated heterocycles. The van der Waals surface area contributed by atoms with E-state index in [2.05, 4.69) is 38.2 Å². The fourth-order valence-electron chi connectivity index (χ4n) is 2.66. The van der Waals surface area contributed by atoms with Crippen LogP contribution in [0.2, 0.25) is 0 Å². The van der Waals surface area contributed by atoms with Crippen LogP contribution in [0.25, 0.3) is 0 Å². The van der Waals surface area contributed by atoms with Crippen molar-refractivity contribution < 1.29 is 9.72 Å². The van der Waals surface area contributed by atoms with Crippen molar-refractivity contribution in [3.05, 3.63) is 75.3 Å². The Morgan fingerprint density at radius 2 is 1.72 bits per heavy atom. The van der Waals surface area contributed by atoms with Crippen LogP contribution in [-0.4, -0.2) is 10.8 Å². The molecule has 0 aliphatic rings. The number of benzene rings is 2. The number of amides is 1. The van der Waals surface area contributed by atoms with Crippen LogP contribution in [-0.2, 0) is 16.6 Å². The smallest absolute Gasteiger partial charge is 0.273 e. The molecule has 1 amide bonds. The minimum atomic E-state index is -0.461. The molecule has 1 N–H and O–H groups in total. The van der Waals surface area contributed by atoms with Gasteiger partial charge >= 0.3 is 0 Å². The zero-order chi connectivity index (χ0) is 18.6. The van der Waals surface area contributed by atoms with Crippen molar-refractivity contribution in [1.29, 1.82) is 0 Å². The van der Waals surface area contributed by atoms with Crippen LogP contribution >= 0.6 is 0 Å². The first-order valence-corrected chi connectivity index (χ1v) is 8.30. The quantitative estimate of drug-likeness (QED) is 0.651. The molecule has 2 rings (SSSR count). The first-order valence-electron chi connectivity index (χ1n) is 8.30. The van der Waals surface area contributed by atoms with Gasteiger partial charge in [-0.05, 0) is 23.5 Å². The van der Waals surface area contributed by atoms with E-state index in [0.717, 1.165) is 5.56 Å². The Labute approximate surface area is 148 Å². The second-order valence-electron chi connectivity index (χ2n) is 7.22. The molecule has 0 aliphatic heterocycles. The molecule has 2 aromatic carbocycles. The number of nitro benzene ring substituents is 1. The zero-order valence-corrected chi connectivity index (χ0v) is 15.1. The normalized spacial score (nSPS) is 12.5. The van der Waals surface area contributed by atoms with E-state index in [1.165, 1.54) is 11.6 Å². The first-order chi connectivity index (χ1) is 11.7. The summed E-state index contributed by atoms with van der Waals surface area (Å²) in [6.07, 6.45) is -0.0123. The Hall–Kier alpha value is -2.69. The van der Waals surface area contributed by atoms with Gasteiger partial charge in [0.15, 0.2) is 0 Å². The third-order valence-corrected chi connectivity index (χ3v) is 4.19. The van der Waals surface area contributed by atoms with Crippen LogP contribution in [0.1, 0.15) is 50.4 Å². The predicted molar refractivity (Wildman–Crippen MR) is 98.5 cm³/mol. The standard InChI is InChI=1S/C20H24N2O3/c1-14(15-9-11-17(12-10-15)20(2,3)4)21-19(23)13-16-7-5-6-8-18(16)22(24)25/h5-12,14H,13H2,1-4H3,(H,21,23)/t14-/m0/s1. The molecular weight excluding hydrogens is 316 g/mol. The molecule has 0 aromatic heterocycles. The number of carbonyl (C=O) groups is 1. The summed E-state index contributed by atoms with van der Waals surface area (Å²) in [6, 6.07) is 14.3. The van der Waals surface area contributed by atoms with Gasteiger partial charge in [0.1, 0.15) is 0 Å². The van der Waals surface area contributed by atoms with Crippen LogP contribution < -0.4 is 5.32 Å². The van der Waals surface area contributed by atoms with Gasteiger partial charge in [0.2, 0.25) is 5.91 Å². The van der Waals surface area contributed by atoms with E-state index in [0.29, 0.717) is 5.56 Å². The number of nitrogens with one attached hydrogen (secondary N) is 1. The molecule has 0 saturated carbocycles. The molecule has 0 heterocycles. The second-order valence-corrected chi connectivity index (χ2v) is 7.22. The lowest BCUT2D eigenvalue weighted by atomic mass is 9.86. The highest BCUT2D eigenvalue weighted by atomic mass is 16.6. The lowest BCUT2D eigenvalue weighted by molar-refractivity contribution is -0.385. The summed E-state index contributed by atoms with van der Waals surface area (Å²) in [7, 11) is 0. The van der Waals surface area contributed by atoms with Crippen LogP contribution in [0.4, 0.5) is 5.69 Å². The maximum absolute atomic E-state index is 12.3. The summed E-state index contributed by atoms with van der Waals surface area (Å²) in [5.41, 5.74) is 2.70. The molecule has 25 heavy (non-hydrogen) atoms. The fraction of sp³-hybridized carbons (Fsp3) is 0.350. The van der Waals surface area contributed by atoms with E-state index in [1.54, 1.807) is 18.2 Å². The van der Waals surface area contributed by atoms with Gasteiger partial charge in [-0.15, -0.1) is 0 Å². The summed E-state index contributed by atoms with van der Waals surface area (Å²) in [4.78, 5) is 22.8. The molecule has 0 fully saturated rings. The van der Waals surface area contributed by atoms with E-state index < -0.39 is 4.92 Å². The Kier molecular flexibility index (Phi) is 5.57. The minimum absolute atomic E-state index is 0.0123. The molecule has 5 heteroatoms. The van der Waals surface area contributed by atoms with Crippen molar-refractivity contribution in [3.63, 3.8) is 0 Å². The largest absolute Gasteiger partial charge is 0.349 e. The van der Waals surface area contributed by atoms with Gasteiger partial charge < -0.3 is 5.32 Å². The zero-order valence-electron chi connectivity index (χ0n) is 15.1. The van der Waals surface area contributed by atoms with Gasteiger partial charge in [0.05, 0.1) is 17.4 Å². The van der Waals surface area contributed by atoms with Crippen molar-refractivity contribution in [3.8, 4) is 0 Å². The number of para-hydroxylation sites is 1. The Bertz CT molecular complexity index is 761. The maximum Gasteiger partial charge on any atom is 0.273 e. The molecule has 132 valence electrons. The topological polar surface area (TPSA) is 72.2 Å². The Morgan fingerprint density at radius 3 is 2.28 bits per heavy atom. The molecule has 5 nitrogen and oxygen atoms in total. The van der Waals surface area contributed by atoms with Gasteiger partial charge in [0.25, 0.3) is 5.69 Å². The fourth-order valence-corrected chi connectivity index (χ4v) is 2.66. The van der Waals surface area contributed by atoms with Crippen molar-refractivity contribution >= 4 is 11.6 Å². The van der Waals surface area contributed by atoms with Crippen molar-refractivity contribution in [2.75, 3.05) is 0 Å². The number of nitrogens with zero attached hydrogens (tertiary/aromatic N) is 1. The number of hydrogen-bond acceptors (Lipinski definition) is 3. The predicted octanol–water partition coefficient (Wildman–Crippen LogP) is 4.31. The van der Waals surface area contributed by atoms with E-state index in [1.807, 2.05) is 19.1 Å². The van der Waals surface area contributed by atoms with E-state index in [4.69, 9.17) is 0 Å². The van der Waals surface area contributed by atoms with Gasteiger partial charge in [0, 0.05) is 11.6 Å². The van der Waals surface area contributed by atoms with Gasteiger partial charge in [-0.2, -0.15) is 0 Å². The molecule has 0 spiro atoms. The molecule has 0 radical (unpaired) electrons. The van der Waals surface area contributed by atoms with E-state index >= 15 is 0 Å². The maximum atomic E-state index is 12.3. The molecule has 2 aromatic rings. The first kappa shape index (κ1) is 18.6. The number of nitro groups is 1. The summed E-state index contributed by atoms with van der Waals surface area (Å²) < 4.78 is 0. The summed E-state index contributed by atoms with van der Waals surface area (Å²) in [5.74, 6) is -0.235. The van der Waals surface area contributed by atoms with Crippen LogP contribution in [0.3, 0.4) is 0 Å². The highest BCUT2D eigenvalue weighted by molar-refractivity contribution is 5.80. The highest BCUT2D eigenvalue weighted by Crippen LogP contribution is 2.24. The van der Waals surface area contributed by atoms with Gasteiger partial charge in [-0.1, -0.05) is 63.2 Å². The molecule has 1 atom stereocenters. The van der Waals surface area contributed by atoms with Gasteiger partial charge in [-0.25, -0.2) is 0 Å². The van der Waals surface area contributed by atoms with Crippen molar-refractivity contribution in [1.82, 2.24) is 5.32 Å². The summed E-state index contributed by atoms with van der Waals surface area (Å²) >= 11 is 0. The van der Waals surface area contributed by atoms with Crippen LogP contribution in [0, 0.1) is 10.1 Å². The average Bonchev–Trinajstić information content (AvgIpc) is 2.54. The van der Waals surface area contributed by atoms with Gasteiger partial charge in [-0.3, -0.25) is 14.9 Å². The van der Waals surface area contributed by atoms with E-state index in [-0.39, 0.29) is 29.5 Å². The SMILES string of the molecule is C[C@H](NC(=O)Cc1ccccc1[N+](=O)[O-])c1ccc(C(C)(C)C)cc1. The monoisotopic (exact) mass is 340 g/mol. The van der Waals surface area contributed by atoms with Crippen LogP contribution in [0.5, 0.6) is 0 Å². The lowest BCUT2D eigenvalue weighted by Gasteiger charge is -2.20. The van der Waals surface area contributed by atoms with Crippen molar-refractivity contribution in [2.24, 2.45) is 0 Å². The third kappa shape index (κ3) is 4.89. The highest BCUT2D eigenvalue weighted by Gasteiger charge is 2.18. The molecule has 0 aliphatic carbocycles. The van der Waals surface area contributed by atoms with Crippen molar-refractivity contribution in [2.45, 2.75) is 45.6 Å². The molecule has 0 unspecified atom stereocenters. The minimum Gasteiger partial charge on any atom is -0.349 e. The third-order valence-electron chi connectivity index (χ3n) is 4.19. The number of carbonyl (C=O) groups excluding carboxylic acids is 1. The molecule has 0 bridgehead atoms. The number of hydrogen-bond donors (Lipinski definition) is 1. The second kappa shape index (κ2) is 7.47. The lowest BCUT2D eigenvalue weighted by Crippen LogP contribution is -2.28. The van der Waals surface area contributed by atoms with E-state index in [9.17, 15) is 14.9 Å². The summed E-state index contributed by atoms with van der Waals surface area (Å²) in [5, 5.41) is 13.9. The van der Waals surface area contributed by atoms with Crippen LogP contribution in [0.15, 0.2) is 48.5 Å².